The summed E-state index contributed by atoms with van der Waals surface area (Å²) < 4.78 is 7.98. The van der Waals surface area contributed by atoms with Crippen molar-refractivity contribution in [2.75, 3.05) is 6.61 Å². The van der Waals surface area contributed by atoms with Gasteiger partial charge in [-0.1, -0.05) is 23.2 Å². The van der Waals surface area contributed by atoms with Gasteiger partial charge in [0.2, 0.25) is 0 Å². The first kappa shape index (κ1) is 17.2. The summed E-state index contributed by atoms with van der Waals surface area (Å²) in [5, 5.41) is 1.67. The molecular formula is C18H16Cl2N2OS. The van der Waals surface area contributed by atoms with E-state index in [0.29, 0.717) is 11.6 Å². The lowest BCUT2D eigenvalue weighted by Gasteiger charge is -2.18. The van der Waals surface area contributed by atoms with Crippen LogP contribution in [0.15, 0.2) is 72.1 Å². The van der Waals surface area contributed by atoms with E-state index in [-0.39, 0.29) is 5.25 Å². The first-order valence-electron chi connectivity index (χ1n) is 7.45. The van der Waals surface area contributed by atoms with Crippen molar-refractivity contribution in [1.29, 1.82) is 0 Å². The number of aromatic nitrogens is 2. The minimum atomic E-state index is 0.232. The predicted molar refractivity (Wildman–Crippen MR) is 100 cm³/mol. The predicted octanol–water partition coefficient (Wildman–Crippen LogP) is 5.43. The lowest BCUT2D eigenvalue weighted by molar-refractivity contribution is 0.308. The fourth-order valence-corrected chi connectivity index (χ4v) is 3.49. The Morgan fingerprint density at radius 1 is 1.00 bits per heavy atom. The van der Waals surface area contributed by atoms with Crippen LogP contribution in [0.1, 0.15) is 0 Å². The van der Waals surface area contributed by atoms with Crippen LogP contribution in [0.5, 0.6) is 5.75 Å². The highest BCUT2D eigenvalue weighted by Crippen LogP contribution is 2.27. The molecule has 6 heteroatoms. The van der Waals surface area contributed by atoms with Crippen LogP contribution in [0.4, 0.5) is 0 Å². The van der Waals surface area contributed by atoms with Gasteiger partial charge in [0.25, 0.3) is 0 Å². The Morgan fingerprint density at radius 3 is 2.29 bits per heavy atom. The molecule has 3 nitrogen and oxygen atoms in total. The molecule has 0 aliphatic carbocycles. The molecule has 1 atom stereocenters. The van der Waals surface area contributed by atoms with E-state index in [4.69, 9.17) is 27.9 Å². The third-order valence-corrected chi connectivity index (χ3v) is 5.01. The molecule has 124 valence electrons. The van der Waals surface area contributed by atoms with Crippen LogP contribution in [0.2, 0.25) is 10.0 Å². The third kappa shape index (κ3) is 5.20. The van der Waals surface area contributed by atoms with Crippen LogP contribution < -0.4 is 4.74 Å². The summed E-state index contributed by atoms with van der Waals surface area (Å²) in [4.78, 5) is 5.26. The van der Waals surface area contributed by atoms with Gasteiger partial charge >= 0.3 is 0 Å². The summed E-state index contributed by atoms with van der Waals surface area (Å²) in [7, 11) is 0. The van der Waals surface area contributed by atoms with E-state index < -0.39 is 0 Å². The minimum absolute atomic E-state index is 0.232. The van der Waals surface area contributed by atoms with Gasteiger partial charge in [-0.15, -0.1) is 11.8 Å². The zero-order chi connectivity index (χ0) is 16.8. The average molecular weight is 379 g/mol. The molecule has 0 saturated carbocycles. The molecule has 24 heavy (non-hydrogen) atoms. The number of hydrogen-bond donors (Lipinski definition) is 0. The number of ether oxygens (including phenoxy) is 1. The Bertz CT molecular complexity index is 746. The van der Waals surface area contributed by atoms with E-state index in [2.05, 4.69) is 9.55 Å². The molecule has 0 radical (unpaired) electrons. The minimum Gasteiger partial charge on any atom is -0.492 e. The molecule has 0 amide bonds. The van der Waals surface area contributed by atoms with E-state index in [0.717, 1.165) is 22.2 Å². The molecule has 1 aromatic heterocycles. The molecule has 0 aliphatic heterocycles. The maximum atomic E-state index is 5.96. The van der Waals surface area contributed by atoms with E-state index >= 15 is 0 Å². The molecule has 0 spiro atoms. The summed E-state index contributed by atoms with van der Waals surface area (Å²) in [5.41, 5.74) is 0. The normalized spacial score (nSPS) is 12.1. The van der Waals surface area contributed by atoms with Gasteiger partial charge in [-0.3, -0.25) is 0 Å². The van der Waals surface area contributed by atoms with Crippen LogP contribution in [0.25, 0.3) is 0 Å². The van der Waals surface area contributed by atoms with Gasteiger partial charge in [-0.2, -0.15) is 0 Å². The van der Waals surface area contributed by atoms with Gasteiger partial charge in [-0.25, -0.2) is 4.98 Å². The van der Waals surface area contributed by atoms with Crippen molar-refractivity contribution < 1.29 is 4.74 Å². The standard InChI is InChI=1S/C18H16Cl2N2OS/c19-14-1-5-16(6-2-14)23-12-18(11-22-10-9-21-13-22)24-17-7-3-15(20)4-8-17/h1-10,13,18H,11-12H2. The number of nitrogens with zero attached hydrogens (tertiary/aromatic N) is 2. The molecule has 0 bridgehead atoms. The Hall–Kier alpha value is -1.62. The van der Waals surface area contributed by atoms with E-state index in [1.807, 2.05) is 61.1 Å². The molecule has 0 aliphatic rings. The Morgan fingerprint density at radius 2 is 1.67 bits per heavy atom. The van der Waals surface area contributed by atoms with E-state index in [1.165, 1.54) is 0 Å². The highest BCUT2D eigenvalue weighted by Gasteiger charge is 2.13. The van der Waals surface area contributed by atoms with Gasteiger partial charge in [0.15, 0.2) is 0 Å². The highest BCUT2D eigenvalue weighted by molar-refractivity contribution is 8.00. The average Bonchev–Trinajstić information content (AvgIpc) is 3.09. The van der Waals surface area contributed by atoms with Crippen LogP contribution in [-0.4, -0.2) is 21.4 Å². The van der Waals surface area contributed by atoms with E-state index in [9.17, 15) is 0 Å². The molecule has 0 saturated heterocycles. The maximum Gasteiger partial charge on any atom is 0.119 e. The second-order valence-electron chi connectivity index (χ2n) is 5.22. The summed E-state index contributed by atoms with van der Waals surface area (Å²) in [6.45, 7) is 1.38. The number of thioether (sulfide) groups is 1. The number of benzene rings is 2. The monoisotopic (exact) mass is 378 g/mol. The molecule has 0 N–H and O–H groups in total. The molecule has 1 heterocycles. The van der Waals surface area contributed by atoms with Gasteiger partial charge in [0.1, 0.15) is 12.4 Å². The fourth-order valence-electron chi connectivity index (χ4n) is 2.18. The zero-order valence-corrected chi connectivity index (χ0v) is 15.1. The second kappa shape index (κ2) is 8.47. The molecule has 0 fully saturated rings. The molecule has 1 unspecified atom stereocenters. The van der Waals surface area contributed by atoms with Gasteiger partial charge < -0.3 is 9.30 Å². The number of halogens is 2. The van der Waals surface area contributed by atoms with Crippen molar-refractivity contribution in [2.24, 2.45) is 0 Å². The van der Waals surface area contributed by atoms with Crippen molar-refractivity contribution in [2.45, 2.75) is 16.7 Å². The number of rotatable bonds is 7. The zero-order valence-electron chi connectivity index (χ0n) is 12.8. The SMILES string of the molecule is Clc1ccc(OCC(Cn2ccnc2)Sc2ccc(Cl)cc2)cc1. The van der Waals surface area contributed by atoms with Crippen molar-refractivity contribution in [3.63, 3.8) is 0 Å². The quantitative estimate of drug-likeness (QED) is 0.512. The highest BCUT2D eigenvalue weighted by atomic mass is 35.5. The van der Waals surface area contributed by atoms with Crippen LogP contribution in [0.3, 0.4) is 0 Å². The maximum absolute atomic E-state index is 5.96. The van der Waals surface area contributed by atoms with Gasteiger partial charge in [0.05, 0.1) is 11.6 Å². The third-order valence-electron chi connectivity index (χ3n) is 3.34. The topological polar surface area (TPSA) is 27.1 Å². The summed E-state index contributed by atoms with van der Waals surface area (Å²) in [6.07, 6.45) is 5.56. The number of imidazole rings is 1. The van der Waals surface area contributed by atoms with Crippen molar-refractivity contribution in [1.82, 2.24) is 9.55 Å². The smallest absolute Gasteiger partial charge is 0.119 e. The second-order valence-corrected chi connectivity index (χ2v) is 7.46. The van der Waals surface area contributed by atoms with Gasteiger partial charge in [-0.05, 0) is 48.5 Å². The molecule has 2 aromatic carbocycles. The summed E-state index contributed by atoms with van der Waals surface area (Å²) in [5.74, 6) is 0.812. The summed E-state index contributed by atoms with van der Waals surface area (Å²) >= 11 is 13.6. The van der Waals surface area contributed by atoms with Crippen molar-refractivity contribution >= 4 is 35.0 Å². The van der Waals surface area contributed by atoms with E-state index in [1.54, 1.807) is 18.0 Å². The Kier molecular flexibility index (Phi) is 6.07. The van der Waals surface area contributed by atoms with Crippen molar-refractivity contribution in [3.8, 4) is 5.75 Å². The lowest BCUT2D eigenvalue weighted by atomic mass is 10.3. The molecule has 3 aromatic rings. The molecule has 3 rings (SSSR count). The van der Waals surface area contributed by atoms with Crippen molar-refractivity contribution in [3.05, 3.63) is 77.3 Å². The summed E-state index contributed by atoms with van der Waals surface area (Å²) in [6, 6.07) is 15.3. The Balaban J connectivity index is 1.66. The largest absolute Gasteiger partial charge is 0.492 e. The van der Waals surface area contributed by atoms with Crippen LogP contribution in [0, 0.1) is 0 Å². The fraction of sp³-hybridized carbons (Fsp3) is 0.167. The van der Waals surface area contributed by atoms with Crippen LogP contribution in [-0.2, 0) is 6.54 Å². The number of hydrogen-bond acceptors (Lipinski definition) is 3. The first-order valence-corrected chi connectivity index (χ1v) is 9.09. The Labute approximate surface area is 155 Å². The van der Waals surface area contributed by atoms with Gasteiger partial charge in [0, 0.05) is 33.9 Å². The lowest BCUT2D eigenvalue weighted by Crippen LogP contribution is -2.20. The first-order chi connectivity index (χ1) is 11.7. The molecular weight excluding hydrogens is 363 g/mol. The van der Waals surface area contributed by atoms with Crippen LogP contribution >= 0.6 is 35.0 Å².